The first-order valence-electron chi connectivity index (χ1n) is 11.3. The Morgan fingerprint density at radius 2 is 1.12 bits per heavy atom. The first kappa shape index (κ1) is 25.4. The van der Waals surface area contributed by atoms with Gasteiger partial charge in [0, 0.05) is 13.0 Å². The van der Waals surface area contributed by atoms with E-state index in [0.717, 1.165) is 12.8 Å². The minimum absolute atomic E-state index is 0.0251. The monoisotopic (exact) mass is 371 g/mol. The van der Waals surface area contributed by atoms with Gasteiger partial charge in [0.05, 0.1) is 12.7 Å². The van der Waals surface area contributed by atoms with Crippen molar-refractivity contribution in [2.45, 2.75) is 122 Å². The lowest BCUT2D eigenvalue weighted by molar-refractivity contribution is -0.121. The Morgan fingerprint density at radius 3 is 1.50 bits per heavy atom. The van der Waals surface area contributed by atoms with Gasteiger partial charge in [0.25, 0.3) is 0 Å². The number of carbonyl (C=O) groups is 1. The Hall–Kier alpha value is -0.610. The average Bonchev–Trinajstić information content (AvgIpc) is 2.65. The van der Waals surface area contributed by atoms with E-state index in [1.807, 2.05) is 0 Å². The van der Waals surface area contributed by atoms with Crippen LogP contribution in [0.25, 0.3) is 0 Å². The van der Waals surface area contributed by atoms with Gasteiger partial charge in [-0.25, -0.2) is 0 Å². The molecule has 0 aromatic carbocycles. The molecule has 3 N–H and O–H groups in total. The van der Waals surface area contributed by atoms with E-state index >= 15 is 0 Å². The van der Waals surface area contributed by atoms with E-state index in [0.29, 0.717) is 6.42 Å². The maximum Gasteiger partial charge on any atom is 0.220 e. The smallest absolute Gasteiger partial charge is 0.220 e. The highest BCUT2D eigenvalue weighted by Crippen LogP contribution is 2.13. The summed E-state index contributed by atoms with van der Waals surface area (Å²) in [4.78, 5) is 11.5. The summed E-state index contributed by atoms with van der Waals surface area (Å²) >= 11 is 0. The average molecular weight is 372 g/mol. The van der Waals surface area contributed by atoms with Crippen molar-refractivity contribution in [3.8, 4) is 0 Å². The standard InChI is InChI=1S/C22H45NO3/c1-2-3-4-5-6-7-8-9-10-11-12-13-14-15-16-17-18-22(26)23-19-21(25)20-24/h21,24-25H,2-20H2,1H3,(H,23,26). The van der Waals surface area contributed by atoms with Crippen molar-refractivity contribution in [2.24, 2.45) is 0 Å². The number of carbonyl (C=O) groups excluding carboxylic acids is 1. The maximum absolute atomic E-state index is 11.5. The Labute approximate surface area is 162 Å². The maximum atomic E-state index is 11.5. The van der Waals surface area contributed by atoms with Gasteiger partial charge in [0.1, 0.15) is 0 Å². The lowest BCUT2D eigenvalue weighted by atomic mass is 10.0. The van der Waals surface area contributed by atoms with Gasteiger partial charge in [-0.05, 0) is 6.42 Å². The van der Waals surface area contributed by atoms with E-state index in [-0.39, 0.29) is 19.1 Å². The quantitative estimate of drug-likeness (QED) is 0.261. The minimum atomic E-state index is -0.843. The number of nitrogens with one attached hydrogen (secondary N) is 1. The number of amides is 1. The van der Waals surface area contributed by atoms with E-state index in [9.17, 15) is 4.79 Å². The van der Waals surface area contributed by atoms with Crippen LogP contribution >= 0.6 is 0 Å². The Kier molecular flexibility index (Phi) is 20.2. The van der Waals surface area contributed by atoms with Gasteiger partial charge in [0.2, 0.25) is 5.91 Å². The van der Waals surface area contributed by atoms with Crippen molar-refractivity contribution >= 4 is 5.91 Å². The summed E-state index contributed by atoms with van der Waals surface area (Å²) in [6.07, 6.45) is 20.9. The van der Waals surface area contributed by atoms with Gasteiger partial charge in [-0.15, -0.1) is 0 Å². The SMILES string of the molecule is CCCCCCCCCCCCCCCCCCC(=O)NCC(O)CO. The topological polar surface area (TPSA) is 69.6 Å². The third kappa shape index (κ3) is 19.7. The predicted octanol–water partition coefficient (Wildman–Crippen LogP) is 5.11. The van der Waals surface area contributed by atoms with Crippen LogP contribution in [-0.2, 0) is 4.79 Å². The fourth-order valence-corrected chi connectivity index (χ4v) is 3.22. The van der Waals surface area contributed by atoms with Crippen LogP contribution in [0.4, 0.5) is 0 Å². The van der Waals surface area contributed by atoms with Crippen molar-refractivity contribution in [1.82, 2.24) is 5.32 Å². The highest BCUT2D eigenvalue weighted by atomic mass is 16.3. The third-order valence-corrected chi connectivity index (χ3v) is 5.00. The highest BCUT2D eigenvalue weighted by Gasteiger charge is 2.05. The fraction of sp³-hybridized carbons (Fsp3) is 0.955. The summed E-state index contributed by atoms with van der Waals surface area (Å²) < 4.78 is 0. The molecule has 0 rings (SSSR count). The van der Waals surface area contributed by atoms with Crippen LogP contribution in [0.5, 0.6) is 0 Å². The lowest BCUT2D eigenvalue weighted by Gasteiger charge is -2.08. The van der Waals surface area contributed by atoms with Gasteiger partial charge < -0.3 is 15.5 Å². The largest absolute Gasteiger partial charge is 0.394 e. The lowest BCUT2D eigenvalue weighted by Crippen LogP contribution is -2.33. The molecular formula is C22H45NO3. The number of hydrogen-bond donors (Lipinski definition) is 3. The van der Waals surface area contributed by atoms with Crippen molar-refractivity contribution in [2.75, 3.05) is 13.2 Å². The van der Waals surface area contributed by atoms with Gasteiger partial charge in [-0.2, -0.15) is 0 Å². The van der Waals surface area contributed by atoms with Crippen LogP contribution in [0, 0.1) is 0 Å². The predicted molar refractivity (Wildman–Crippen MR) is 110 cm³/mol. The molecule has 0 aromatic heterocycles. The van der Waals surface area contributed by atoms with Crippen LogP contribution in [0.2, 0.25) is 0 Å². The number of hydrogen-bond acceptors (Lipinski definition) is 3. The summed E-state index contributed by atoms with van der Waals surface area (Å²) in [5.74, 6) is -0.0251. The van der Waals surface area contributed by atoms with Crippen LogP contribution < -0.4 is 5.32 Å². The van der Waals surface area contributed by atoms with Crippen LogP contribution in [0.15, 0.2) is 0 Å². The van der Waals surface area contributed by atoms with Gasteiger partial charge >= 0.3 is 0 Å². The first-order valence-corrected chi connectivity index (χ1v) is 11.3. The van der Waals surface area contributed by atoms with Crippen molar-refractivity contribution in [3.05, 3.63) is 0 Å². The van der Waals surface area contributed by atoms with E-state index in [4.69, 9.17) is 10.2 Å². The first-order chi connectivity index (χ1) is 12.7. The Balaban J connectivity index is 3.12. The number of rotatable bonds is 20. The fourth-order valence-electron chi connectivity index (χ4n) is 3.22. The van der Waals surface area contributed by atoms with Gasteiger partial charge in [0.15, 0.2) is 0 Å². The zero-order valence-electron chi connectivity index (χ0n) is 17.3. The molecule has 4 heteroatoms. The molecule has 1 amide bonds. The normalized spacial score (nSPS) is 12.3. The van der Waals surface area contributed by atoms with E-state index in [1.54, 1.807) is 0 Å². The molecule has 0 aliphatic heterocycles. The summed E-state index contributed by atoms with van der Waals surface area (Å²) in [5, 5.41) is 20.5. The summed E-state index contributed by atoms with van der Waals surface area (Å²) in [7, 11) is 0. The summed E-state index contributed by atoms with van der Waals surface area (Å²) in [5.41, 5.74) is 0. The molecule has 0 aliphatic carbocycles. The second kappa shape index (κ2) is 20.7. The molecule has 156 valence electrons. The van der Waals surface area contributed by atoms with E-state index < -0.39 is 6.10 Å². The molecule has 0 saturated carbocycles. The molecule has 0 aliphatic rings. The molecule has 0 bridgehead atoms. The highest BCUT2D eigenvalue weighted by molar-refractivity contribution is 5.75. The van der Waals surface area contributed by atoms with Crippen molar-refractivity contribution < 1.29 is 15.0 Å². The molecular weight excluding hydrogens is 326 g/mol. The second-order valence-corrected chi connectivity index (χ2v) is 7.69. The van der Waals surface area contributed by atoms with Crippen LogP contribution in [-0.4, -0.2) is 35.4 Å². The zero-order chi connectivity index (χ0) is 19.3. The third-order valence-electron chi connectivity index (χ3n) is 5.00. The zero-order valence-corrected chi connectivity index (χ0v) is 17.3. The molecule has 0 spiro atoms. The minimum Gasteiger partial charge on any atom is -0.394 e. The molecule has 4 nitrogen and oxygen atoms in total. The molecule has 0 saturated heterocycles. The molecule has 0 fully saturated rings. The van der Waals surface area contributed by atoms with Crippen LogP contribution in [0.1, 0.15) is 116 Å². The molecule has 1 atom stereocenters. The van der Waals surface area contributed by atoms with Gasteiger partial charge in [-0.3, -0.25) is 4.79 Å². The Bertz CT molecular complexity index is 297. The van der Waals surface area contributed by atoms with E-state index in [1.165, 1.54) is 89.9 Å². The van der Waals surface area contributed by atoms with E-state index in [2.05, 4.69) is 12.2 Å². The molecule has 0 heterocycles. The van der Waals surface area contributed by atoms with Crippen molar-refractivity contribution in [3.63, 3.8) is 0 Å². The summed E-state index contributed by atoms with van der Waals surface area (Å²) in [6, 6.07) is 0. The Morgan fingerprint density at radius 1 is 0.731 bits per heavy atom. The second-order valence-electron chi connectivity index (χ2n) is 7.69. The van der Waals surface area contributed by atoms with Crippen molar-refractivity contribution in [1.29, 1.82) is 0 Å². The summed E-state index contributed by atoms with van der Waals surface area (Å²) in [6.45, 7) is 2.11. The molecule has 0 aromatic rings. The molecule has 0 radical (unpaired) electrons. The molecule has 1 unspecified atom stereocenters. The number of aliphatic hydroxyl groups is 2. The molecule has 26 heavy (non-hydrogen) atoms. The number of unbranched alkanes of at least 4 members (excludes halogenated alkanes) is 15. The van der Waals surface area contributed by atoms with Gasteiger partial charge in [-0.1, -0.05) is 103 Å². The number of aliphatic hydroxyl groups excluding tert-OH is 2. The van der Waals surface area contributed by atoms with Crippen LogP contribution in [0.3, 0.4) is 0 Å².